The second-order valence-corrected chi connectivity index (χ2v) is 3.52. The summed E-state index contributed by atoms with van der Waals surface area (Å²) in [5.74, 6) is 0. The molecule has 4 heteroatoms. The molecule has 1 nitrogen and oxygen atoms in total. The van der Waals surface area contributed by atoms with Gasteiger partial charge in [0.25, 0.3) is 5.66 Å². The van der Waals surface area contributed by atoms with Gasteiger partial charge < -0.3 is 0 Å². The third-order valence-electron chi connectivity index (χ3n) is 1.44. The number of rotatable bonds is 1. The second-order valence-electron chi connectivity index (χ2n) is 2.79. The summed E-state index contributed by atoms with van der Waals surface area (Å²) in [6.45, 7) is 3.47. The molecule has 0 saturated heterocycles. The minimum atomic E-state index is -2.92. The van der Waals surface area contributed by atoms with Gasteiger partial charge in [-0.1, -0.05) is 9.24 Å². The Kier molecular flexibility index (Phi) is 2.43. The van der Waals surface area contributed by atoms with Crippen LogP contribution in [0.15, 0.2) is 12.1 Å². The van der Waals surface area contributed by atoms with E-state index in [1.54, 1.807) is 19.9 Å². The molecule has 0 saturated carbocycles. The van der Waals surface area contributed by atoms with Crippen LogP contribution in [0.5, 0.6) is 0 Å². The van der Waals surface area contributed by atoms with Crippen molar-refractivity contribution < 1.29 is 8.78 Å². The number of pyridine rings is 1. The molecule has 12 heavy (non-hydrogen) atoms. The van der Waals surface area contributed by atoms with E-state index in [0.717, 1.165) is 5.56 Å². The number of hydrogen-bond acceptors (Lipinski definition) is 1. The van der Waals surface area contributed by atoms with Crippen molar-refractivity contribution in [3.8, 4) is 0 Å². The standard InChI is InChI=1S/C8H10F2NP/c1-5-3-6(2)11-7(4-5)8(9,10)12/h3-4H,12H2,1-2H3. The van der Waals surface area contributed by atoms with Gasteiger partial charge in [-0.3, -0.25) is 4.98 Å². The van der Waals surface area contributed by atoms with Crippen LogP contribution >= 0.6 is 9.24 Å². The summed E-state index contributed by atoms with van der Waals surface area (Å²) in [5, 5.41) is 0. The molecule has 0 spiro atoms. The van der Waals surface area contributed by atoms with Crippen LogP contribution in [0, 0.1) is 13.8 Å². The Balaban J connectivity index is 3.18. The first-order valence-corrected chi connectivity index (χ1v) is 4.10. The van der Waals surface area contributed by atoms with Crippen molar-refractivity contribution in [1.29, 1.82) is 0 Å². The summed E-state index contributed by atoms with van der Waals surface area (Å²) < 4.78 is 25.4. The molecule has 0 aliphatic carbocycles. The third kappa shape index (κ3) is 2.21. The van der Waals surface area contributed by atoms with E-state index >= 15 is 0 Å². The van der Waals surface area contributed by atoms with Crippen molar-refractivity contribution in [3.63, 3.8) is 0 Å². The number of aromatic nitrogens is 1. The molecule has 1 heterocycles. The predicted octanol–water partition coefficient (Wildman–Crippen LogP) is 2.62. The maximum atomic E-state index is 12.7. The molecule has 0 fully saturated rings. The maximum absolute atomic E-state index is 12.7. The Labute approximate surface area is 72.4 Å². The lowest BCUT2D eigenvalue weighted by Crippen LogP contribution is -2.06. The molecule has 0 amide bonds. The monoisotopic (exact) mass is 189 g/mol. The van der Waals surface area contributed by atoms with Gasteiger partial charge in [0.1, 0.15) is 5.69 Å². The van der Waals surface area contributed by atoms with Gasteiger partial charge in [0.2, 0.25) is 0 Å². The Morgan fingerprint density at radius 3 is 2.33 bits per heavy atom. The van der Waals surface area contributed by atoms with E-state index in [-0.39, 0.29) is 5.69 Å². The van der Waals surface area contributed by atoms with Crippen molar-refractivity contribution >= 4 is 9.24 Å². The highest BCUT2D eigenvalue weighted by atomic mass is 31.0. The van der Waals surface area contributed by atoms with E-state index in [1.807, 2.05) is 0 Å². The van der Waals surface area contributed by atoms with Gasteiger partial charge in [0.05, 0.1) is 0 Å². The van der Waals surface area contributed by atoms with Gasteiger partial charge in [-0.15, -0.1) is 0 Å². The molecule has 1 unspecified atom stereocenters. The highest BCUT2D eigenvalue weighted by molar-refractivity contribution is 7.17. The van der Waals surface area contributed by atoms with Crippen molar-refractivity contribution in [2.75, 3.05) is 0 Å². The molecule has 0 bridgehead atoms. The fourth-order valence-corrected chi connectivity index (χ4v) is 1.16. The summed E-state index contributed by atoms with van der Waals surface area (Å²) in [5.41, 5.74) is -1.69. The Morgan fingerprint density at radius 2 is 1.92 bits per heavy atom. The van der Waals surface area contributed by atoms with Gasteiger partial charge in [-0.25, -0.2) is 0 Å². The number of halogens is 2. The third-order valence-corrected chi connectivity index (χ3v) is 1.74. The Bertz CT molecular complexity index is 273. The maximum Gasteiger partial charge on any atom is 0.300 e. The zero-order valence-electron chi connectivity index (χ0n) is 6.94. The lowest BCUT2D eigenvalue weighted by Gasteiger charge is -2.10. The summed E-state index contributed by atoms with van der Waals surface area (Å²) in [7, 11) is 1.48. The van der Waals surface area contributed by atoms with Gasteiger partial charge in [0, 0.05) is 5.69 Å². The lowest BCUT2D eigenvalue weighted by molar-refractivity contribution is 0.0984. The van der Waals surface area contributed by atoms with Crippen LogP contribution in [0.1, 0.15) is 17.0 Å². The molecule has 66 valence electrons. The van der Waals surface area contributed by atoms with E-state index in [1.165, 1.54) is 15.3 Å². The summed E-state index contributed by atoms with van der Waals surface area (Å²) in [6, 6.07) is 3.15. The van der Waals surface area contributed by atoms with Gasteiger partial charge in [0.15, 0.2) is 0 Å². The minimum absolute atomic E-state index is 0.190. The summed E-state index contributed by atoms with van der Waals surface area (Å²) >= 11 is 0. The van der Waals surface area contributed by atoms with Crippen LogP contribution in [0.3, 0.4) is 0 Å². The van der Waals surface area contributed by atoms with E-state index in [9.17, 15) is 8.78 Å². The van der Waals surface area contributed by atoms with E-state index in [2.05, 4.69) is 4.98 Å². The average Bonchev–Trinajstić information content (AvgIpc) is 1.82. The fraction of sp³-hybridized carbons (Fsp3) is 0.375. The topological polar surface area (TPSA) is 12.9 Å². The van der Waals surface area contributed by atoms with Gasteiger partial charge in [-0.2, -0.15) is 8.78 Å². The largest absolute Gasteiger partial charge is 0.300 e. The zero-order valence-corrected chi connectivity index (χ0v) is 8.09. The molecular formula is C8H10F2NP. The number of nitrogens with zero attached hydrogens (tertiary/aromatic N) is 1. The first-order valence-electron chi connectivity index (χ1n) is 3.52. The molecule has 1 rings (SSSR count). The number of alkyl halides is 2. The smallest absolute Gasteiger partial charge is 0.251 e. The summed E-state index contributed by atoms with van der Waals surface area (Å²) in [6.07, 6.45) is 0. The Morgan fingerprint density at radius 1 is 1.33 bits per heavy atom. The van der Waals surface area contributed by atoms with E-state index < -0.39 is 5.66 Å². The molecule has 0 aliphatic heterocycles. The summed E-state index contributed by atoms with van der Waals surface area (Å²) in [4.78, 5) is 3.73. The number of hydrogen-bond donors (Lipinski definition) is 0. The van der Waals surface area contributed by atoms with E-state index in [0.29, 0.717) is 5.69 Å². The minimum Gasteiger partial charge on any atom is -0.251 e. The van der Waals surface area contributed by atoms with Crippen molar-refractivity contribution in [3.05, 3.63) is 29.1 Å². The Hall–Kier alpha value is -0.560. The number of aryl methyl sites for hydroxylation is 2. The first-order chi connectivity index (χ1) is 5.39. The van der Waals surface area contributed by atoms with Crippen LogP contribution in [-0.2, 0) is 5.66 Å². The molecule has 0 radical (unpaired) electrons. The molecule has 0 aromatic carbocycles. The molecular weight excluding hydrogens is 179 g/mol. The zero-order chi connectivity index (χ0) is 9.35. The normalized spacial score (nSPS) is 11.8. The molecule has 1 aromatic rings. The SMILES string of the molecule is Cc1cc(C)nc(C(F)(F)P)c1. The van der Waals surface area contributed by atoms with Crippen LogP contribution < -0.4 is 0 Å². The highest BCUT2D eigenvalue weighted by Crippen LogP contribution is 2.33. The van der Waals surface area contributed by atoms with E-state index in [4.69, 9.17) is 0 Å². The van der Waals surface area contributed by atoms with Crippen LogP contribution in [-0.4, -0.2) is 4.98 Å². The molecule has 1 atom stereocenters. The van der Waals surface area contributed by atoms with Crippen LogP contribution in [0.2, 0.25) is 0 Å². The quantitative estimate of drug-likeness (QED) is 0.619. The van der Waals surface area contributed by atoms with Crippen molar-refractivity contribution in [2.45, 2.75) is 19.5 Å². The molecule has 0 aliphatic rings. The fourth-order valence-electron chi connectivity index (χ4n) is 1.01. The van der Waals surface area contributed by atoms with Crippen molar-refractivity contribution in [1.82, 2.24) is 4.98 Å². The first kappa shape index (κ1) is 9.53. The highest BCUT2D eigenvalue weighted by Gasteiger charge is 2.26. The molecule has 0 N–H and O–H groups in total. The van der Waals surface area contributed by atoms with Crippen molar-refractivity contribution in [2.24, 2.45) is 0 Å². The predicted molar refractivity (Wildman–Crippen MR) is 47.3 cm³/mol. The second kappa shape index (κ2) is 3.06. The molecule has 1 aromatic heterocycles. The van der Waals surface area contributed by atoms with Gasteiger partial charge >= 0.3 is 0 Å². The van der Waals surface area contributed by atoms with Crippen LogP contribution in [0.25, 0.3) is 0 Å². The lowest BCUT2D eigenvalue weighted by atomic mass is 10.2. The van der Waals surface area contributed by atoms with Crippen LogP contribution in [0.4, 0.5) is 8.78 Å². The average molecular weight is 189 g/mol. The van der Waals surface area contributed by atoms with Gasteiger partial charge in [-0.05, 0) is 31.5 Å².